The number of rotatable bonds is 5. The first-order valence-corrected chi connectivity index (χ1v) is 6.64. The van der Waals surface area contributed by atoms with Gasteiger partial charge in [0.2, 0.25) is 5.91 Å². The first-order chi connectivity index (χ1) is 8.42. The molecule has 0 aliphatic carbocycles. The van der Waals surface area contributed by atoms with Crippen LogP contribution in [-0.4, -0.2) is 41.5 Å². The molecular formula is C13H24N2O3. The van der Waals surface area contributed by atoms with Gasteiger partial charge in [0.15, 0.2) is 0 Å². The van der Waals surface area contributed by atoms with Gasteiger partial charge in [-0.05, 0) is 32.1 Å². The van der Waals surface area contributed by atoms with Crippen molar-refractivity contribution in [2.75, 3.05) is 19.6 Å². The number of carbonyl (C=O) groups is 2. The summed E-state index contributed by atoms with van der Waals surface area (Å²) in [5.74, 6) is -0.432. The topological polar surface area (TPSA) is 83.6 Å². The Morgan fingerprint density at radius 3 is 2.33 bits per heavy atom. The Hall–Kier alpha value is -1.10. The Balaban J connectivity index is 2.52. The highest BCUT2D eigenvalue weighted by atomic mass is 16.4. The molecule has 1 atom stereocenters. The summed E-state index contributed by atoms with van der Waals surface area (Å²) in [5, 5.41) is 8.75. The van der Waals surface area contributed by atoms with Crippen LogP contribution in [0.1, 0.15) is 39.5 Å². The van der Waals surface area contributed by atoms with Crippen LogP contribution in [-0.2, 0) is 9.59 Å². The van der Waals surface area contributed by atoms with Crippen LogP contribution in [0, 0.1) is 11.3 Å². The maximum atomic E-state index is 12.3. The number of hydrogen-bond acceptors (Lipinski definition) is 3. The Kier molecular flexibility index (Phi) is 5.14. The molecule has 104 valence electrons. The molecule has 1 unspecified atom stereocenters. The molecule has 3 N–H and O–H groups in total. The number of likely N-dealkylation sites (tertiary alicyclic amines) is 1. The van der Waals surface area contributed by atoms with Crippen molar-refractivity contribution in [2.45, 2.75) is 39.5 Å². The van der Waals surface area contributed by atoms with E-state index in [1.54, 1.807) is 0 Å². The van der Waals surface area contributed by atoms with E-state index < -0.39 is 11.4 Å². The number of aliphatic carboxylic acids is 1. The number of carboxylic acids is 1. The number of nitrogens with zero attached hydrogens (tertiary/aromatic N) is 1. The Labute approximate surface area is 108 Å². The summed E-state index contributed by atoms with van der Waals surface area (Å²) < 4.78 is 0. The lowest BCUT2D eigenvalue weighted by Gasteiger charge is -2.37. The van der Waals surface area contributed by atoms with Gasteiger partial charge in [-0.2, -0.15) is 0 Å². The molecule has 1 amide bonds. The molecule has 1 aliphatic rings. The van der Waals surface area contributed by atoms with Gasteiger partial charge in [-0.3, -0.25) is 9.59 Å². The van der Waals surface area contributed by atoms with Crippen molar-refractivity contribution in [3.63, 3.8) is 0 Å². The van der Waals surface area contributed by atoms with Gasteiger partial charge in [-0.15, -0.1) is 0 Å². The molecule has 5 nitrogen and oxygen atoms in total. The van der Waals surface area contributed by atoms with Gasteiger partial charge < -0.3 is 15.7 Å². The van der Waals surface area contributed by atoms with Crippen molar-refractivity contribution in [3.05, 3.63) is 0 Å². The highest BCUT2D eigenvalue weighted by Crippen LogP contribution is 2.27. The number of nitrogens with two attached hydrogens (primary N) is 1. The van der Waals surface area contributed by atoms with Crippen LogP contribution in [0.5, 0.6) is 0 Å². The highest BCUT2D eigenvalue weighted by molar-refractivity contribution is 5.82. The fourth-order valence-electron chi connectivity index (χ4n) is 2.35. The maximum Gasteiger partial charge on any atom is 0.303 e. The predicted octanol–water partition coefficient (Wildman–Crippen LogP) is 1.07. The molecule has 1 fully saturated rings. The zero-order valence-electron chi connectivity index (χ0n) is 11.3. The number of carboxylic acid groups (broad SMARTS) is 1. The van der Waals surface area contributed by atoms with E-state index in [0.29, 0.717) is 19.6 Å². The number of amides is 1. The number of carbonyl (C=O) groups excluding carboxylic acids is 1. The van der Waals surface area contributed by atoms with Crippen molar-refractivity contribution in [1.29, 1.82) is 0 Å². The minimum Gasteiger partial charge on any atom is -0.481 e. The van der Waals surface area contributed by atoms with E-state index in [-0.39, 0.29) is 18.2 Å². The van der Waals surface area contributed by atoms with E-state index in [1.165, 1.54) is 0 Å². The van der Waals surface area contributed by atoms with E-state index in [2.05, 4.69) is 0 Å². The molecule has 5 heteroatoms. The van der Waals surface area contributed by atoms with Gasteiger partial charge in [0, 0.05) is 26.1 Å². The third kappa shape index (κ3) is 3.45. The molecule has 0 spiro atoms. The monoisotopic (exact) mass is 256 g/mol. The summed E-state index contributed by atoms with van der Waals surface area (Å²) in [4.78, 5) is 24.8. The fourth-order valence-corrected chi connectivity index (χ4v) is 2.35. The summed E-state index contributed by atoms with van der Waals surface area (Å²) in [6.45, 7) is 5.55. The first kappa shape index (κ1) is 15.0. The van der Waals surface area contributed by atoms with Crippen LogP contribution >= 0.6 is 0 Å². The third-order valence-electron chi connectivity index (χ3n) is 4.11. The summed E-state index contributed by atoms with van der Waals surface area (Å²) in [7, 11) is 0. The van der Waals surface area contributed by atoms with Crippen LogP contribution < -0.4 is 5.73 Å². The standard InChI is InChI=1S/C13H24N2O3/c1-3-13(2,9-14)12(18)15-6-4-10(5-7-15)8-11(16)17/h10H,3-9,14H2,1-2H3,(H,16,17). The fraction of sp³-hybridized carbons (Fsp3) is 0.846. The van der Waals surface area contributed by atoms with Crippen LogP contribution in [0.2, 0.25) is 0 Å². The average Bonchev–Trinajstić information content (AvgIpc) is 2.37. The van der Waals surface area contributed by atoms with Crippen molar-refractivity contribution in [3.8, 4) is 0 Å². The van der Waals surface area contributed by atoms with Gasteiger partial charge in [-0.25, -0.2) is 0 Å². The highest BCUT2D eigenvalue weighted by Gasteiger charge is 2.35. The van der Waals surface area contributed by atoms with Gasteiger partial charge in [-0.1, -0.05) is 6.92 Å². The minimum atomic E-state index is -0.750. The second-order valence-corrected chi connectivity index (χ2v) is 5.45. The van der Waals surface area contributed by atoms with Crippen molar-refractivity contribution in [1.82, 2.24) is 4.90 Å². The van der Waals surface area contributed by atoms with Crippen LogP contribution in [0.4, 0.5) is 0 Å². The zero-order valence-corrected chi connectivity index (χ0v) is 11.3. The molecule has 0 radical (unpaired) electrons. The Morgan fingerprint density at radius 2 is 1.94 bits per heavy atom. The molecule has 1 saturated heterocycles. The van der Waals surface area contributed by atoms with E-state index >= 15 is 0 Å². The predicted molar refractivity (Wildman–Crippen MR) is 69.0 cm³/mol. The Morgan fingerprint density at radius 1 is 1.39 bits per heavy atom. The van der Waals surface area contributed by atoms with Crippen molar-refractivity contribution >= 4 is 11.9 Å². The zero-order chi connectivity index (χ0) is 13.8. The van der Waals surface area contributed by atoms with Crippen molar-refractivity contribution < 1.29 is 14.7 Å². The smallest absolute Gasteiger partial charge is 0.303 e. The second kappa shape index (κ2) is 6.18. The molecule has 0 bridgehead atoms. The lowest BCUT2D eigenvalue weighted by molar-refractivity contribution is -0.143. The third-order valence-corrected chi connectivity index (χ3v) is 4.11. The Bertz CT molecular complexity index is 305. The molecule has 18 heavy (non-hydrogen) atoms. The SMILES string of the molecule is CCC(C)(CN)C(=O)N1CCC(CC(=O)O)CC1. The lowest BCUT2D eigenvalue weighted by Crippen LogP contribution is -2.49. The molecule has 0 aromatic heterocycles. The average molecular weight is 256 g/mol. The molecule has 0 aromatic carbocycles. The summed E-state index contributed by atoms with van der Waals surface area (Å²) in [6.07, 6.45) is 2.51. The van der Waals surface area contributed by atoms with Crippen LogP contribution in [0.15, 0.2) is 0 Å². The van der Waals surface area contributed by atoms with Crippen LogP contribution in [0.3, 0.4) is 0 Å². The lowest BCUT2D eigenvalue weighted by atomic mass is 9.84. The minimum absolute atomic E-state index is 0.112. The first-order valence-electron chi connectivity index (χ1n) is 6.64. The molecule has 0 aromatic rings. The van der Waals surface area contributed by atoms with Crippen LogP contribution in [0.25, 0.3) is 0 Å². The van der Waals surface area contributed by atoms with E-state index in [4.69, 9.17) is 10.8 Å². The number of piperidine rings is 1. The quantitative estimate of drug-likeness (QED) is 0.771. The van der Waals surface area contributed by atoms with E-state index in [0.717, 1.165) is 19.3 Å². The molecule has 1 aliphatic heterocycles. The normalized spacial score (nSPS) is 20.5. The van der Waals surface area contributed by atoms with Gasteiger partial charge in [0.25, 0.3) is 0 Å². The van der Waals surface area contributed by atoms with E-state index in [9.17, 15) is 9.59 Å². The van der Waals surface area contributed by atoms with Gasteiger partial charge >= 0.3 is 5.97 Å². The van der Waals surface area contributed by atoms with Crippen molar-refractivity contribution in [2.24, 2.45) is 17.1 Å². The molecular weight excluding hydrogens is 232 g/mol. The molecule has 0 saturated carbocycles. The summed E-state index contributed by atoms with van der Waals surface area (Å²) in [5.41, 5.74) is 5.22. The van der Waals surface area contributed by atoms with Gasteiger partial charge in [0.05, 0.1) is 5.41 Å². The van der Waals surface area contributed by atoms with Gasteiger partial charge in [0.1, 0.15) is 0 Å². The summed E-state index contributed by atoms with van der Waals surface area (Å²) >= 11 is 0. The molecule has 1 heterocycles. The largest absolute Gasteiger partial charge is 0.481 e. The maximum absolute atomic E-state index is 12.3. The molecule has 1 rings (SSSR count). The number of hydrogen-bond donors (Lipinski definition) is 2. The summed E-state index contributed by atoms with van der Waals surface area (Å²) in [6, 6.07) is 0. The van der Waals surface area contributed by atoms with E-state index in [1.807, 2.05) is 18.7 Å². The second-order valence-electron chi connectivity index (χ2n) is 5.45.